The minimum absolute atomic E-state index is 0.315. The summed E-state index contributed by atoms with van der Waals surface area (Å²) in [7, 11) is 0. The van der Waals surface area contributed by atoms with E-state index in [0.717, 1.165) is 0 Å². The summed E-state index contributed by atoms with van der Waals surface area (Å²) in [5.41, 5.74) is 0. The third-order valence-electron chi connectivity index (χ3n) is 1.68. The summed E-state index contributed by atoms with van der Waals surface area (Å²) in [5.74, 6) is 0. The zero-order valence-electron chi connectivity index (χ0n) is 5.90. The van der Waals surface area contributed by atoms with Crippen molar-refractivity contribution in [2.24, 2.45) is 0 Å². The lowest BCUT2D eigenvalue weighted by Gasteiger charge is -2.28. The molecule has 60 valence electrons. The second kappa shape index (κ2) is 3.25. The second-order valence-corrected chi connectivity index (χ2v) is 2.66. The first-order valence-electron chi connectivity index (χ1n) is 3.45. The van der Waals surface area contributed by atoms with Crippen LogP contribution in [0.3, 0.4) is 0 Å². The molecular weight excluding hydrogens is 138 g/mol. The van der Waals surface area contributed by atoms with Crippen LogP contribution in [0.1, 0.15) is 6.92 Å². The topological polar surface area (TPSA) is 24.1 Å². The Hall–Kier alpha value is -0.220. The predicted octanol–water partition coefficient (Wildman–Crippen LogP) is 0.201. The van der Waals surface area contributed by atoms with E-state index in [1.165, 1.54) is 0 Å². The molecule has 10 heavy (non-hydrogen) atoms. The maximum Gasteiger partial charge on any atom is 0.254 e. The Balaban J connectivity index is 2.26. The first-order valence-corrected chi connectivity index (χ1v) is 3.45. The number of halogens is 2. The van der Waals surface area contributed by atoms with Crippen molar-refractivity contribution in [1.29, 1.82) is 0 Å². The molecule has 1 saturated heterocycles. The molecule has 2 N–H and O–H groups in total. The average Bonchev–Trinajstić information content (AvgIpc) is 1.88. The predicted molar refractivity (Wildman–Crippen MR) is 35.3 cm³/mol. The van der Waals surface area contributed by atoms with E-state index in [9.17, 15) is 8.78 Å². The molecule has 1 rings (SSSR count). The maximum atomic E-state index is 11.9. The lowest BCUT2D eigenvalue weighted by molar-refractivity contribution is 0.0859. The molecule has 0 aromatic heterocycles. The van der Waals surface area contributed by atoms with Gasteiger partial charge in [-0.1, -0.05) is 0 Å². The highest BCUT2D eigenvalue weighted by molar-refractivity contribution is 4.81. The van der Waals surface area contributed by atoms with Crippen molar-refractivity contribution >= 4 is 0 Å². The Morgan fingerprint density at radius 1 is 1.30 bits per heavy atom. The van der Waals surface area contributed by atoms with Crippen LogP contribution in [0.5, 0.6) is 0 Å². The zero-order valence-corrected chi connectivity index (χ0v) is 5.90. The fourth-order valence-corrected chi connectivity index (χ4v) is 0.979. The van der Waals surface area contributed by atoms with E-state index in [1.54, 1.807) is 0 Å². The summed E-state index contributed by atoms with van der Waals surface area (Å²) in [4.78, 5) is 0. The van der Waals surface area contributed by atoms with Crippen molar-refractivity contribution in [2.75, 3.05) is 13.1 Å². The molecule has 4 heteroatoms. The lowest BCUT2D eigenvalue weighted by Crippen LogP contribution is -2.55. The van der Waals surface area contributed by atoms with Gasteiger partial charge in [0.2, 0.25) is 0 Å². The highest BCUT2D eigenvalue weighted by Crippen LogP contribution is 2.02. The van der Waals surface area contributed by atoms with Crippen LogP contribution in [0.15, 0.2) is 0 Å². The zero-order chi connectivity index (χ0) is 7.56. The summed E-state index contributed by atoms with van der Waals surface area (Å²) in [6.45, 7) is 2.97. The monoisotopic (exact) mass is 150 g/mol. The maximum absolute atomic E-state index is 11.9. The van der Waals surface area contributed by atoms with Crippen molar-refractivity contribution in [1.82, 2.24) is 10.6 Å². The quantitative estimate of drug-likeness (QED) is 0.558. The van der Waals surface area contributed by atoms with Gasteiger partial charge in [0.15, 0.2) is 0 Å². The van der Waals surface area contributed by atoms with Crippen LogP contribution < -0.4 is 10.6 Å². The highest BCUT2D eigenvalue weighted by atomic mass is 19.3. The number of nitrogens with one attached hydrogen (secondary N) is 2. The van der Waals surface area contributed by atoms with Gasteiger partial charge in [-0.05, 0) is 6.92 Å². The minimum Gasteiger partial charge on any atom is -0.311 e. The molecule has 1 heterocycles. The molecule has 0 aromatic rings. The number of hydrogen-bond donors (Lipinski definition) is 2. The molecule has 1 aliphatic heterocycles. The van der Waals surface area contributed by atoms with Gasteiger partial charge in [-0.3, -0.25) is 0 Å². The molecule has 0 bridgehead atoms. The van der Waals surface area contributed by atoms with Crippen molar-refractivity contribution in [3.63, 3.8) is 0 Å². The summed E-state index contributed by atoms with van der Waals surface area (Å²) >= 11 is 0. The van der Waals surface area contributed by atoms with E-state index in [-0.39, 0.29) is 0 Å². The summed E-state index contributed by atoms with van der Waals surface area (Å²) in [5, 5.41) is 5.73. The standard InChI is InChI=1S/C6H12F2N2/c1-4-2-10-5(3-9-4)6(7)8/h4-6,9-10H,2-3H2,1H3/t4-,5-/m1/s1. The van der Waals surface area contributed by atoms with Gasteiger partial charge in [-0.15, -0.1) is 0 Å². The van der Waals surface area contributed by atoms with Crippen molar-refractivity contribution in [2.45, 2.75) is 25.4 Å². The SMILES string of the molecule is C[C@@H]1CN[C@@H](C(F)F)CN1. The molecule has 0 amide bonds. The molecule has 1 aliphatic rings. The van der Waals surface area contributed by atoms with Gasteiger partial charge in [-0.2, -0.15) is 0 Å². The van der Waals surface area contributed by atoms with Crippen LogP contribution in [-0.2, 0) is 0 Å². The highest BCUT2D eigenvalue weighted by Gasteiger charge is 2.23. The van der Waals surface area contributed by atoms with Gasteiger partial charge in [0, 0.05) is 19.1 Å². The van der Waals surface area contributed by atoms with E-state index in [2.05, 4.69) is 10.6 Å². The van der Waals surface area contributed by atoms with Crippen LogP contribution >= 0.6 is 0 Å². The fraction of sp³-hybridized carbons (Fsp3) is 1.00. The number of piperazine rings is 1. The molecule has 0 aliphatic carbocycles. The van der Waals surface area contributed by atoms with Crippen molar-refractivity contribution in [3.8, 4) is 0 Å². The Kier molecular flexibility index (Phi) is 2.56. The fourth-order valence-electron chi connectivity index (χ4n) is 0.979. The summed E-state index contributed by atoms with van der Waals surface area (Å²) in [6.07, 6.45) is -2.25. The van der Waals surface area contributed by atoms with Crippen LogP contribution in [0.4, 0.5) is 8.78 Å². The Morgan fingerprint density at radius 2 is 2.00 bits per heavy atom. The van der Waals surface area contributed by atoms with Crippen LogP contribution in [0, 0.1) is 0 Å². The lowest BCUT2D eigenvalue weighted by atomic mass is 10.2. The van der Waals surface area contributed by atoms with Crippen molar-refractivity contribution < 1.29 is 8.78 Å². The van der Waals surface area contributed by atoms with Gasteiger partial charge in [-0.25, -0.2) is 8.78 Å². The van der Waals surface area contributed by atoms with Gasteiger partial charge < -0.3 is 10.6 Å². The van der Waals surface area contributed by atoms with Gasteiger partial charge in [0.05, 0.1) is 6.04 Å². The van der Waals surface area contributed by atoms with E-state index < -0.39 is 12.5 Å². The molecule has 0 saturated carbocycles. The first kappa shape index (κ1) is 7.88. The Morgan fingerprint density at radius 3 is 2.40 bits per heavy atom. The normalized spacial score (nSPS) is 34.8. The van der Waals surface area contributed by atoms with Crippen LogP contribution in [0.2, 0.25) is 0 Å². The Bertz CT molecular complexity index is 99.9. The molecule has 2 atom stereocenters. The van der Waals surface area contributed by atoms with Crippen LogP contribution in [-0.4, -0.2) is 31.6 Å². The summed E-state index contributed by atoms with van der Waals surface area (Å²) < 4.78 is 23.9. The van der Waals surface area contributed by atoms with Gasteiger partial charge in [0.1, 0.15) is 0 Å². The largest absolute Gasteiger partial charge is 0.311 e. The van der Waals surface area contributed by atoms with Gasteiger partial charge >= 0.3 is 0 Å². The molecule has 0 aromatic carbocycles. The van der Waals surface area contributed by atoms with Crippen molar-refractivity contribution in [3.05, 3.63) is 0 Å². The molecule has 0 unspecified atom stereocenters. The molecule has 0 spiro atoms. The minimum atomic E-state index is -2.25. The van der Waals surface area contributed by atoms with E-state index in [1.807, 2.05) is 6.92 Å². The Labute approximate surface area is 59.0 Å². The third kappa shape index (κ3) is 1.88. The van der Waals surface area contributed by atoms with E-state index in [0.29, 0.717) is 19.1 Å². The number of alkyl halides is 2. The molecule has 2 nitrogen and oxygen atoms in total. The summed E-state index contributed by atoms with van der Waals surface area (Å²) in [6, 6.07) is -0.341. The first-order chi connectivity index (χ1) is 4.70. The number of hydrogen-bond acceptors (Lipinski definition) is 2. The second-order valence-electron chi connectivity index (χ2n) is 2.66. The number of rotatable bonds is 1. The van der Waals surface area contributed by atoms with Gasteiger partial charge in [0.25, 0.3) is 6.43 Å². The molecular formula is C6H12F2N2. The van der Waals surface area contributed by atoms with E-state index >= 15 is 0 Å². The third-order valence-corrected chi connectivity index (χ3v) is 1.68. The van der Waals surface area contributed by atoms with E-state index in [4.69, 9.17) is 0 Å². The van der Waals surface area contributed by atoms with Crippen LogP contribution in [0.25, 0.3) is 0 Å². The molecule has 1 fully saturated rings. The average molecular weight is 150 g/mol. The smallest absolute Gasteiger partial charge is 0.254 e. The molecule has 0 radical (unpaired) electrons.